The molecule has 1 fully saturated rings. The molecule has 1 amide bonds. The molecule has 24 heavy (non-hydrogen) atoms. The van der Waals surface area contributed by atoms with Gasteiger partial charge >= 0.3 is 12.1 Å². The van der Waals surface area contributed by atoms with Gasteiger partial charge in [-0.15, -0.1) is 0 Å². The summed E-state index contributed by atoms with van der Waals surface area (Å²) in [4.78, 5) is 26.9. The first-order valence-electron chi connectivity index (χ1n) is 7.44. The van der Waals surface area contributed by atoms with Gasteiger partial charge in [-0.05, 0) is 38.2 Å². The largest absolute Gasteiger partial charge is 0.480 e. The number of hydrogen-bond acceptors (Lipinski definition) is 3. The van der Waals surface area contributed by atoms with Gasteiger partial charge < -0.3 is 14.9 Å². The van der Waals surface area contributed by atoms with E-state index in [-0.39, 0.29) is 12.5 Å². The third kappa shape index (κ3) is 4.05. The topological polar surface area (TPSA) is 60.9 Å². The minimum Gasteiger partial charge on any atom is -0.480 e. The van der Waals surface area contributed by atoms with Crippen molar-refractivity contribution in [1.29, 1.82) is 0 Å². The molecule has 0 aromatic heterocycles. The molecule has 1 aromatic carbocycles. The van der Waals surface area contributed by atoms with E-state index < -0.39 is 29.7 Å². The van der Waals surface area contributed by atoms with Crippen molar-refractivity contribution in [2.75, 3.05) is 20.6 Å². The highest BCUT2D eigenvalue weighted by molar-refractivity contribution is 5.85. The van der Waals surface area contributed by atoms with Crippen molar-refractivity contribution in [2.45, 2.75) is 31.1 Å². The Morgan fingerprint density at radius 1 is 1.25 bits per heavy atom. The Labute approximate surface area is 137 Å². The zero-order chi connectivity index (χ0) is 18.1. The summed E-state index contributed by atoms with van der Waals surface area (Å²) in [7, 11) is 3.63. The molecule has 1 saturated heterocycles. The summed E-state index contributed by atoms with van der Waals surface area (Å²) < 4.78 is 37.6. The van der Waals surface area contributed by atoms with Gasteiger partial charge in [-0.3, -0.25) is 4.79 Å². The summed E-state index contributed by atoms with van der Waals surface area (Å²) in [5.41, 5.74) is -0.360. The van der Waals surface area contributed by atoms with Crippen LogP contribution in [0.1, 0.15) is 17.5 Å². The summed E-state index contributed by atoms with van der Waals surface area (Å²) in [6, 6.07) is 3.38. The van der Waals surface area contributed by atoms with Crippen LogP contribution >= 0.6 is 0 Å². The first-order chi connectivity index (χ1) is 11.1. The van der Waals surface area contributed by atoms with Crippen LogP contribution in [0.5, 0.6) is 0 Å². The number of rotatable bonds is 4. The average Bonchev–Trinajstić information content (AvgIpc) is 2.92. The van der Waals surface area contributed by atoms with Crippen molar-refractivity contribution >= 4 is 11.9 Å². The molecule has 0 radical (unpaired) electrons. The zero-order valence-electron chi connectivity index (χ0n) is 13.4. The molecule has 8 heteroatoms. The van der Waals surface area contributed by atoms with Crippen LogP contribution in [0.4, 0.5) is 13.2 Å². The number of likely N-dealkylation sites (N-methyl/N-ethyl adjacent to an activating group) is 1. The van der Waals surface area contributed by atoms with Crippen LogP contribution in [0.3, 0.4) is 0 Å². The molecule has 1 N–H and O–H groups in total. The van der Waals surface area contributed by atoms with Crippen LogP contribution in [0.15, 0.2) is 24.3 Å². The second-order valence-corrected chi connectivity index (χ2v) is 6.12. The molecule has 2 rings (SSSR count). The van der Waals surface area contributed by atoms with Crippen LogP contribution < -0.4 is 0 Å². The van der Waals surface area contributed by atoms with E-state index in [9.17, 15) is 27.9 Å². The fourth-order valence-electron chi connectivity index (χ4n) is 2.79. The van der Waals surface area contributed by atoms with E-state index in [4.69, 9.17) is 0 Å². The number of carboxylic acid groups (broad SMARTS) is 1. The van der Waals surface area contributed by atoms with Crippen molar-refractivity contribution in [3.05, 3.63) is 35.4 Å². The molecule has 0 saturated carbocycles. The summed E-state index contributed by atoms with van der Waals surface area (Å²) in [6.07, 6.45) is -4.21. The van der Waals surface area contributed by atoms with Crippen molar-refractivity contribution in [2.24, 2.45) is 0 Å². The third-order valence-corrected chi connectivity index (χ3v) is 4.25. The molecule has 0 bridgehead atoms. The van der Waals surface area contributed by atoms with Gasteiger partial charge in [0, 0.05) is 12.6 Å². The third-order valence-electron chi connectivity index (χ3n) is 4.25. The summed E-state index contributed by atoms with van der Waals surface area (Å²) >= 11 is 0. The van der Waals surface area contributed by atoms with E-state index in [1.54, 1.807) is 0 Å². The number of carbonyl (C=O) groups excluding carboxylic acids is 1. The van der Waals surface area contributed by atoms with Gasteiger partial charge in [-0.25, -0.2) is 4.79 Å². The lowest BCUT2D eigenvalue weighted by atomic mass is 10.1. The van der Waals surface area contributed by atoms with Crippen molar-refractivity contribution in [3.8, 4) is 0 Å². The van der Waals surface area contributed by atoms with Crippen LogP contribution in [0.25, 0.3) is 0 Å². The first kappa shape index (κ1) is 18.3. The van der Waals surface area contributed by atoms with Crippen LogP contribution in [0.2, 0.25) is 0 Å². The Hall–Kier alpha value is -2.09. The molecular weight excluding hydrogens is 325 g/mol. The predicted octanol–water partition coefficient (Wildman–Crippen LogP) is 1.86. The fraction of sp³-hybridized carbons (Fsp3) is 0.500. The maximum atomic E-state index is 12.5. The van der Waals surface area contributed by atoms with Gasteiger partial charge in [0.05, 0.1) is 12.0 Å². The number of carboxylic acids is 1. The number of alkyl halides is 3. The standard InChI is InChI=1S/C16H19F3N2O3/c1-20(2)12-8-13(15(23)24)21(9-12)14(22)7-10-3-5-11(6-4-10)16(17,18)19/h3-6,12-13H,7-9H2,1-2H3,(H,23,24)/t12-,13+/m1/s1. The molecule has 1 heterocycles. The van der Waals surface area contributed by atoms with Crippen molar-refractivity contribution < 1.29 is 27.9 Å². The maximum Gasteiger partial charge on any atom is 0.416 e. The summed E-state index contributed by atoms with van der Waals surface area (Å²) in [6.45, 7) is 0.295. The van der Waals surface area contributed by atoms with Gasteiger partial charge in [0.15, 0.2) is 0 Å². The fourth-order valence-corrected chi connectivity index (χ4v) is 2.79. The molecule has 1 aliphatic rings. The monoisotopic (exact) mass is 344 g/mol. The lowest BCUT2D eigenvalue weighted by molar-refractivity contribution is -0.148. The molecule has 0 unspecified atom stereocenters. The van der Waals surface area contributed by atoms with Crippen molar-refractivity contribution in [1.82, 2.24) is 9.80 Å². The van der Waals surface area contributed by atoms with E-state index >= 15 is 0 Å². The van der Waals surface area contributed by atoms with Gasteiger partial charge in [0.2, 0.25) is 5.91 Å². The van der Waals surface area contributed by atoms with Crippen molar-refractivity contribution in [3.63, 3.8) is 0 Å². The molecule has 0 spiro atoms. The second-order valence-electron chi connectivity index (χ2n) is 6.12. The van der Waals surface area contributed by atoms with Crippen LogP contribution in [-0.2, 0) is 22.2 Å². The second kappa shape index (κ2) is 6.80. The Kier molecular flexibility index (Phi) is 5.17. The normalized spacial score (nSPS) is 21.3. The highest BCUT2D eigenvalue weighted by Gasteiger charge is 2.40. The van der Waals surface area contributed by atoms with E-state index in [0.717, 1.165) is 12.1 Å². The number of likely N-dealkylation sites (tertiary alicyclic amines) is 1. The average molecular weight is 344 g/mol. The Morgan fingerprint density at radius 3 is 2.29 bits per heavy atom. The first-order valence-corrected chi connectivity index (χ1v) is 7.44. The summed E-state index contributed by atoms with van der Waals surface area (Å²) in [5.74, 6) is -1.47. The van der Waals surface area contributed by atoms with E-state index in [1.807, 2.05) is 19.0 Å². The molecule has 2 atom stereocenters. The Morgan fingerprint density at radius 2 is 1.83 bits per heavy atom. The predicted molar refractivity (Wildman–Crippen MR) is 80.4 cm³/mol. The quantitative estimate of drug-likeness (QED) is 0.906. The smallest absolute Gasteiger partial charge is 0.416 e. The highest BCUT2D eigenvalue weighted by atomic mass is 19.4. The van der Waals surface area contributed by atoms with E-state index in [1.165, 1.54) is 17.0 Å². The molecule has 1 aliphatic heterocycles. The number of nitrogens with zero attached hydrogens (tertiary/aromatic N) is 2. The van der Waals surface area contributed by atoms with E-state index in [2.05, 4.69) is 0 Å². The molecule has 1 aromatic rings. The summed E-state index contributed by atoms with van der Waals surface area (Å²) in [5, 5.41) is 9.29. The Balaban J connectivity index is 2.09. The van der Waals surface area contributed by atoms with Crippen LogP contribution in [-0.4, -0.2) is 59.5 Å². The number of amides is 1. The minimum absolute atomic E-state index is 0.0531. The van der Waals surface area contributed by atoms with Gasteiger partial charge in [0.1, 0.15) is 6.04 Å². The van der Waals surface area contributed by atoms with Crippen LogP contribution in [0, 0.1) is 0 Å². The number of benzene rings is 1. The van der Waals surface area contributed by atoms with Gasteiger partial charge in [-0.2, -0.15) is 13.2 Å². The minimum atomic E-state index is -4.43. The molecular formula is C16H19F3N2O3. The lowest BCUT2D eigenvalue weighted by Crippen LogP contribution is -2.41. The van der Waals surface area contributed by atoms with Gasteiger partial charge in [-0.1, -0.05) is 12.1 Å². The molecule has 5 nitrogen and oxygen atoms in total. The maximum absolute atomic E-state index is 12.5. The molecule has 0 aliphatic carbocycles. The SMILES string of the molecule is CN(C)[C@@H]1C[C@@H](C(=O)O)N(C(=O)Cc2ccc(C(F)(F)F)cc2)C1. The number of hydrogen-bond donors (Lipinski definition) is 1. The zero-order valence-corrected chi connectivity index (χ0v) is 13.4. The number of halogens is 3. The van der Waals surface area contributed by atoms with Gasteiger partial charge in [0.25, 0.3) is 0 Å². The van der Waals surface area contributed by atoms with E-state index in [0.29, 0.717) is 18.5 Å². The number of carbonyl (C=O) groups is 2. The Bertz CT molecular complexity index is 614. The highest BCUT2D eigenvalue weighted by Crippen LogP contribution is 2.29. The lowest BCUT2D eigenvalue weighted by Gasteiger charge is -2.22. The molecule has 132 valence electrons. The number of aliphatic carboxylic acids is 1.